The van der Waals surface area contributed by atoms with E-state index in [1.54, 1.807) is 18.8 Å². The Labute approximate surface area is 163 Å². The third-order valence-electron chi connectivity index (χ3n) is 4.43. The molecule has 2 aromatic carbocycles. The summed E-state index contributed by atoms with van der Waals surface area (Å²) in [7, 11) is 3.40. The molecule has 28 heavy (non-hydrogen) atoms. The van der Waals surface area contributed by atoms with Crippen molar-refractivity contribution >= 4 is 11.7 Å². The minimum atomic E-state index is -0.275. The highest BCUT2D eigenvalue weighted by molar-refractivity contribution is 5.90. The number of urea groups is 1. The molecule has 2 N–H and O–H groups in total. The van der Waals surface area contributed by atoms with Crippen LogP contribution in [0.2, 0.25) is 0 Å². The maximum atomic E-state index is 12.6. The number of amides is 2. The van der Waals surface area contributed by atoms with Gasteiger partial charge in [0.2, 0.25) is 0 Å². The number of ether oxygens (including phenoxy) is 1. The molecule has 1 unspecified atom stereocenters. The molecule has 0 fully saturated rings. The van der Waals surface area contributed by atoms with Crippen LogP contribution < -0.4 is 15.4 Å². The Morgan fingerprint density at radius 3 is 2.50 bits per heavy atom. The number of nitrogens with zero attached hydrogens (tertiary/aromatic N) is 4. The molecule has 0 saturated heterocycles. The number of aromatic nitrogens is 4. The van der Waals surface area contributed by atoms with Crippen LogP contribution in [0.1, 0.15) is 25.5 Å². The van der Waals surface area contributed by atoms with Gasteiger partial charge in [0.1, 0.15) is 5.75 Å². The van der Waals surface area contributed by atoms with Crippen LogP contribution in [0.25, 0.3) is 11.4 Å². The summed E-state index contributed by atoms with van der Waals surface area (Å²) in [4.78, 5) is 12.6. The van der Waals surface area contributed by atoms with Crippen molar-refractivity contribution in [3.63, 3.8) is 0 Å². The summed E-state index contributed by atoms with van der Waals surface area (Å²) in [6, 6.07) is 14.7. The quantitative estimate of drug-likeness (QED) is 0.683. The maximum absolute atomic E-state index is 12.6. The Kier molecular flexibility index (Phi) is 5.88. The lowest BCUT2D eigenvalue weighted by molar-refractivity contribution is 0.244. The minimum Gasteiger partial charge on any atom is -0.497 e. The van der Waals surface area contributed by atoms with Gasteiger partial charge in [-0.05, 0) is 46.2 Å². The van der Waals surface area contributed by atoms with Gasteiger partial charge in [0.25, 0.3) is 0 Å². The summed E-state index contributed by atoms with van der Waals surface area (Å²) in [6.07, 6.45) is 0. The predicted molar refractivity (Wildman–Crippen MR) is 107 cm³/mol. The molecule has 3 rings (SSSR count). The molecule has 2 amide bonds. The number of benzene rings is 2. The molecule has 1 heterocycles. The second-order valence-corrected chi connectivity index (χ2v) is 6.80. The smallest absolute Gasteiger partial charge is 0.319 e. The van der Waals surface area contributed by atoms with E-state index >= 15 is 0 Å². The number of carbonyl (C=O) groups excluding carboxylic acids is 1. The first-order valence-corrected chi connectivity index (χ1v) is 9.02. The lowest BCUT2D eigenvalue weighted by Gasteiger charge is -2.23. The molecular formula is C20H24N6O2. The second kappa shape index (κ2) is 8.51. The Morgan fingerprint density at radius 2 is 1.89 bits per heavy atom. The molecule has 1 atom stereocenters. The lowest BCUT2D eigenvalue weighted by atomic mass is 9.96. The summed E-state index contributed by atoms with van der Waals surface area (Å²) in [5, 5.41) is 17.4. The number of methoxy groups -OCH3 is 1. The van der Waals surface area contributed by atoms with Crippen LogP contribution in [0, 0.1) is 5.92 Å². The summed E-state index contributed by atoms with van der Waals surface area (Å²) in [5.74, 6) is 1.63. The van der Waals surface area contributed by atoms with Gasteiger partial charge in [-0.15, -0.1) is 5.10 Å². The molecule has 1 aromatic heterocycles. The van der Waals surface area contributed by atoms with Crippen molar-refractivity contribution in [3.8, 4) is 17.1 Å². The van der Waals surface area contributed by atoms with E-state index in [0.717, 1.165) is 16.9 Å². The number of aryl methyl sites for hydroxylation is 1. The Hall–Kier alpha value is -3.42. The van der Waals surface area contributed by atoms with Crippen molar-refractivity contribution in [2.45, 2.75) is 19.9 Å². The van der Waals surface area contributed by atoms with Gasteiger partial charge in [0, 0.05) is 18.3 Å². The van der Waals surface area contributed by atoms with Gasteiger partial charge in [-0.25, -0.2) is 9.48 Å². The van der Waals surface area contributed by atoms with Gasteiger partial charge in [0.05, 0.1) is 13.2 Å². The summed E-state index contributed by atoms with van der Waals surface area (Å²) < 4.78 is 6.79. The van der Waals surface area contributed by atoms with E-state index in [9.17, 15) is 4.79 Å². The third-order valence-corrected chi connectivity index (χ3v) is 4.43. The van der Waals surface area contributed by atoms with E-state index in [2.05, 4.69) is 40.0 Å². The lowest BCUT2D eigenvalue weighted by Crippen LogP contribution is -2.35. The third kappa shape index (κ3) is 4.46. The van der Waals surface area contributed by atoms with Gasteiger partial charge < -0.3 is 15.4 Å². The first kappa shape index (κ1) is 19.3. The number of nitrogens with one attached hydrogen (secondary N) is 2. The van der Waals surface area contributed by atoms with Crippen molar-refractivity contribution in [2.75, 3.05) is 12.4 Å². The molecule has 8 heteroatoms. The normalized spacial score (nSPS) is 11.9. The minimum absolute atomic E-state index is 0.128. The van der Waals surface area contributed by atoms with E-state index in [1.165, 1.54) is 0 Å². The molecule has 0 spiro atoms. The monoisotopic (exact) mass is 380 g/mol. The molecule has 3 aromatic rings. The topological polar surface area (TPSA) is 94.0 Å². The number of anilines is 1. The standard InChI is InChI=1S/C20H24N6O2/c1-13(2)18(14-8-10-17(28-4)11-9-14)22-20(27)21-16-7-5-6-15(12-16)19-23-24-25-26(19)3/h5-13,18H,1-4H3,(H2,21,22,27). The number of tetrazole rings is 1. The first-order chi connectivity index (χ1) is 13.5. The fourth-order valence-electron chi connectivity index (χ4n) is 2.96. The summed E-state index contributed by atoms with van der Waals surface area (Å²) in [5.41, 5.74) is 2.50. The average molecular weight is 380 g/mol. The largest absolute Gasteiger partial charge is 0.497 e. The van der Waals surface area contributed by atoms with Crippen LogP contribution in [0.15, 0.2) is 48.5 Å². The van der Waals surface area contributed by atoms with Gasteiger partial charge in [-0.1, -0.05) is 38.1 Å². The molecular weight excluding hydrogens is 356 g/mol. The molecule has 0 radical (unpaired) electrons. The average Bonchev–Trinajstić information content (AvgIpc) is 3.12. The molecule has 8 nitrogen and oxygen atoms in total. The van der Waals surface area contributed by atoms with E-state index < -0.39 is 0 Å². The zero-order valence-corrected chi connectivity index (χ0v) is 16.4. The Bertz CT molecular complexity index is 936. The van der Waals surface area contributed by atoms with Crippen LogP contribution in [-0.4, -0.2) is 33.3 Å². The van der Waals surface area contributed by atoms with Crippen LogP contribution in [-0.2, 0) is 7.05 Å². The van der Waals surface area contributed by atoms with Gasteiger partial charge in [-0.3, -0.25) is 0 Å². The van der Waals surface area contributed by atoms with Crippen LogP contribution in [0.4, 0.5) is 10.5 Å². The maximum Gasteiger partial charge on any atom is 0.319 e. The van der Waals surface area contributed by atoms with Crippen molar-refractivity contribution in [3.05, 3.63) is 54.1 Å². The highest BCUT2D eigenvalue weighted by atomic mass is 16.5. The van der Waals surface area contributed by atoms with E-state index in [-0.39, 0.29) is 18.0 Å². The zero-order valence-electron chi connectivity index (χ0n) is 16.4. The van der Waals surface area contributed by atoms with Gasteiger partial charge in [-0.2, -0.15) is 0 Å². The summed E-state index contributed by atoms with van der Waals surface area (Å²) >= 11 is 0. The highest BCUT2D eigenvalue weighted by Crippen LogP contribution is 2.24. The molecule has 0 saturated carbocycles. The number of hydrogen-bond acceptors (Lipinski definition) is 5. The SMILES string of the molecule is COc1ccc(C(NC(=O)Nc2cccc(-c3nnnn3C)c2)C(C)C)cc1. The first-order valence-electron chi connectivity index (χ1n) is 9.02. The van der Waals surface area contributed by atoms with Gasteiger partial charge >= 0.3 is 6.03 Å². The van der Waals surface area contributed by atoms with Crippen molar-refractivity contribution in [1.82, 2.24) is 25.5 Å². The van der Waals surface area contributed by atoms with E-state index in [1.807, 2.05) is 48.5 Å². The zero-order chi connectivity index (χ0) is 20.1. The fourth-order valence-corrected chi connectivity index (χ4v) is 2.96. The number of carbonyl (C=O) groups is 1. The van der Waals surface area contributed by atoms with Crippen LogP contribution >= 0.6 is 0 Å². The second-order valence-electron chi connectivity index (χ2n) is 6.80. The Morgan fingerprint density at radius 1 is 1.14 bits per heavy atom. The number of hydrogen-bond donors (Lipinski definition) is 2. The van der Waals surface area contributed by atoms with Gasteiger partial charge in [0.15, 0.2) is 5.82 Å². The van der Waals surface area contributed by atoms with Crippen LogP contribution in [0.3, 0.4) is 0 Å². The number of rotatable bonds is 6. The predicted octanol–water partition coefficient (Wildman–Crippen LogP) is 3.40. The van der Waals surface area contributed by atoms with Crippen molar-refractivity contribution < 1.29 is 9.53 Å². The highest BCUT2D eigenvalue weighted by Gasteiger charge is 2.18. The van der Waals surface area contributed by atoms with Crippen LogP contribution in [0.5, 0.6) is 5.75 Å². The molecule has 0 aliphatic carbocycles. The fraction of sp³-hybridized carbons (Fsp3) is 0.300. The molecule has 0 bridgehead atoms. The Balaban J connectivity index is 1.72. The molecule has 0 aliphatic heterocycles. The molecule has 0 aliphatic rings. The van der Waals surface area contributed by atoms with Crippen molar-refractivity contribution in [2.24, 2.45) is 13.0 Å². The van der Waals surface area contributed by atoms with Crippen molar-refractivity contribution in [1.29, 1.82) is 0 Å². The van der Waals surface area contributed by atoms with E-state index in [0.29, 0.717) is 11.5 Å². The van der Waals surface area contributed by atoms with E-state index in [4.69, 9.17) is 4.74 Å². The molecule has 146 valence electrons. The summed E-state index contributed by atoms with van der Waals surface area (Å²) in [6.45, 7) is 4.13.